The highest BCUT2D eigenvalue weighted by Crippen LogP contribution is 2.31. The van der Waals surface area contributed by atoms with Gasteiger partial charge in [0.15, 0.2) is 17.8 Å². The van der Waals surface area contributed by atoms with Crippen LogP contribution in [0.4, 0.5) is 0 Å². The Bertz CT molecular complexity index is 383. The van der Waals surface area contributed by atoms with Gasteiger partial charge in [-0.05, 0) is 24.0 Å². The molecule has 0 heterocycles. The molecule has 18 heavy (non-hydrogen) atoms. The van der Waals surface area contributed by atoms with Crippen LogP contribution in [0.15, 0.2) is 18.2 Å². The van der Waals surface area contributed by atoms with Gasteiger partial charge in [-0.3, -0.25) is 4.79 Å². The standard InChI is InChI=1S/C15H22O3/c1-11(2)9-17-14-7-5-6-13(8-16)15(14)18-10-12(3)4/h5-8,11-12H,9-10H2,1-4H3. The second-order valence-electron chi connectivity index (χ2n) is 5.20. The molecule has 1 aromatic rings. The van der Waals surface area contributed by atoms with E-state index in [0.29, 0.717) is 42.1 Å². The second kappa shape index (κ2) is 7.04. The van der Waals surface area contributed by atoms with Crippen LogP contribution in [0.25, 0.3) is 0 Å². The van der Waals surface area contributed by atoms with Gasteiger partial charge in [0.2, 0.25) is 0 Å². The van der Waals surface area contributed by atoms with E-state index in [1.807, 2.05) is 12.1 Å². The molecule has 3 heteroatoms. The third-order valence-corrected chi connectivity index (χ3v) is 2.27. The van der Waals surface area contributed by atoms with Gasteiger partial charge in [-0.25, -0.2) is 0 Å². The number of aldehydes is 1. The smallest absolute Gasteiger partial charge is 0.171 e. The molecule has 0 spiro atoms. The lowest BCUT2D eigenvalue weighted by Gasteiger charge is -2.16. The fourth-order valence-corrected chi connectivity index (χ4v) is 1.40. The molecular weight excluding hydrogens is 228 g/mol. The fraction of sp³-hybridized carbons (Fsp3) is 0.533. The zero-order chi connectivity index (χ0) is 13.5. The summed E-state index contributed by atoms with van der Waals surface area (Å²) >= 11 is 0. The first kappa shape index (κ1) is 14.6. The number of hydrogen-bond donors (Lipinski definition) is 0. The third-order valence-electron chi connectivity index (χ3n) is 2.27. The zero-order valence-electron chi connectivity index (χ0n) is 11.6. The third kappa shape index (κ3) is 4.40. The number of para-hydroxylation sites is 1. The number of rotatable bonds is 7. The monoisotopic (exact) mass is 250 g/mol. The van der Waals surface area contributed by atoms with Crippen LogP contribution in [0.5, 0.6) is 11.5 Å². The molecule has 100 valence electrons. The maximum absolute atomic E-state index is 11.0. The molecule has 0 aliphatic carbocycles. The number of carbonyl (C=O) groups is 1. The molecule has 0 saturated heterocycles. The molecule has 1 aromatic carbocycles. The van der Waals surface area contributed by atoms with Crippen molar-refractivity contribution in [3.63, 3.8) is 0 Å². The molecule has 0 aliphatic heterocycles. The highest BCUT2D eigenvalue weighted by atomic mass is 16.5. The summed E-state index contributed by atoms with van der Waals surface area (Å²) in [6, 6.07) is 5.39. The summed E-state index contributed by atoms with van der Waals surface area (Å²) in [7, 11) is 0. The summed E-state index contributed by atoms with van der Waals surface area (Å²) in [6.45, 7) is 9.48. The SMILES string of the molecule is CC(C)COc1cccc(C=O)c1OCC(C)C. The van der Waals surface area contributed by atoms with Crippen LogP contribution in [0.3, 0.4) is 0 Å². The van der Waals surface area contributed by atoms with Crippen molar-refractivity contribution in [2.75, 3.05) is 13.2 Å². The van der Waals surface area contributed by atoms with E-state index in [1.54, 1.807) is 6.07 Å². The van der Waals surface area contributed by atoms with Gasteiger partial charge in [-0.15, -0.1) is 0 Å². The van der Waals surface area contributed by atoms with Crippen LogP contribution < -0.4 is 9.47 Å². The van der Waals surface area contributed by atoms with Crippen molar-refractivity contribution in [2.45, 2.75) is 27.7 Å². The Kier molecular flexibility index (Phi) is 5.69. The van der Waals surface area contributed by atoms with Gasteiger partial charge in [0.05, 0.1) is 18.8 Å². The normalized spacial score (nSPS) is 10.8. The van der Waals surface area contributed by atoms with E-state index < -0.39 is 0 Å². The Balaban J connectivity index is 2.89. The first-order chi connectivity index (χ1) is 8.54. The van der Waals surface area contributed by atoms with Gasteiger partial charge in [0.25, 0.3) is 0 Å². The molecule has 0 unspecified atom stereocenters. The number of hydrogen-bond acceptors (Lipinski definition) is 3. The van der Waals surface area contributed by atoms with E-state index in [2.05, 4.69) is 27.7 Å². The summed E-state index contributed by atoms with van der Waals surface area (Å²) in [6.07, 6.45) is 0.803. The maximum Gasteiger partial charge on any atom is 0.171 e. The average Bonchev–Trinajstić information content (AvgIpc) is 2.33. The highest BCUT2D eigenvalue weighted by Gasteiger charge is 2.12. The van der Waals surface area contributed by atoms with Gasteiger partial charge < -0.3 is 9.47 Å². The Labute approximate surface area is 109 Å². The second-order valence-corrected chi connectivity index (χ2v) is 5.20. The molecule has 1 rings (SSSR count). The summed E-state index contributed by atoms with van der Waals surface area (Å²) < 4.78 is 11.4. The summed E-state index contributed by atoms with van der Waals surface area (Å²) in [5.74, 6) is 2.04. The average molecular weight is 250 g/mol. The van der Waals surface area contributed by atoms with E-state index >= 15 is 0 Å². The van der Waals surface area contributed by atoms with Crippen LogP contribution in [0, 0.1) is 11.8 Å². The van der Waals surface area contributed by atoms with Crippen LogP contribution in [0.2, 0.25) is 0 Å². The van der Waals surface area contributed by atoms with E-state index in [1.165, 1.54) is 0 Å². The molecule has 0 N–H and O–H groups in total. The van der Waals surface area contributed by atoms with Crippen LogP contribution >= 0.6 is 0 Å². The zero-order valence-corrected chi connectivity index (χ0v) is 11.6. The molecule has 0 aromatic heterocycles. The van der Waals surface area contributed by atoms with E-state index in [9.17, 15) is 4.79 Å². The van der Waals surface area contributed by atoms with E-state index in [-0.39, 0.29) is 0 Å². The minimum atomic E-state index is 0.405. The number of benzene rings is 1. The largest absolute Gasteiger partial charge is 0.489 e. The van der Waals surface area contributed by atoms with Gasteiger partial charge in [0.1, 0.15) is 0 Å². The Hall–Kier alpha value is -1.51. The van der Waals surface area contributed by atoms with Crippen molar-refractivity contribution < 1.29 is 14.3 Å². The van der Waals surface area contributed by atoms with Crippen molar-refractivity contribution in [1.29, 1.82) is 0 Å². The van der Waals surface area contributed by atoms with Crippen LogP contribution in [-0.4, -0.2) is 19.5 Å². The van der Waals surface area contributed by atoms with Crippen molar-refractivity contribution in [1.82, 2.24) is 0 Å². The number of carbonyl (C=O) groups excluding carboxylic acids is 1. The first-order valence-electron chi connectivity index (χ1n) is 6.38. The Morgan fingerprint density at radius 2 is 1.67 bits per heavy atom. The summed E-state index contributed by atoms with van der Waals surface area (Å²) in [5, 5.41) is 0. The molecule has 0 amide bonds. The molecule has 3 nitrogen and oxygen atoms in total. The van der Waals surface area contributed by atoms with Gasteiger partial charge in [-0.1, -0.05) is 33.8 Å². The minimum absolute atomic E-state index is 0.405. The van der Waals surface area contributed by atoms with Crippen LogP contribution in [-0.2, 0) is 0 Å². The lowest BCUT2D eigenvalue weighted by atomic mass is 10.2. The van der Waals surface area contributed by atoms with Crippen molar-refractivity contribution in [3.8, 4) is 11.5 Å². The van der Waals surface area contributed by atoms with Crippen LogP contribution in [0.1, 0.15) is 38.1 Å². The predicted octanol–water partition coefficient (Wildman–Crippen LogP) is 3.57. The van der Waals surface area contributed by atoms with Crippen molar-refractivity contribution in [2.24, 2.45) is 11.8 Å². The summed E-state index contributed by atoms with van der Waals surface area (Å²) in [4.78, 5) is 11.0. The molecule has 0 radical (unpaired) electrons. The first-order valence-corrected chi connectivity index (χ1v) is 6.38. The maximum atomic E-state index is 11.0. The van der Waals surface area contributed by atoms with Gasteiger partial charge >= 0.3 is 0 Å². The minimum Gasteiger partial charge on any atom is -0.489 e. The summed E-state index contributed by atoms with van der Waals surface area (Å²) in [5.41, 5.74) is 0.539. The lowest BCUT2D eigenvalue weighted by Crippen LogP contribution is -2.10. The molecule has 0 saturated carbocycles. The van der Waals surface area contributed by atoms with Gasteiger partial charge in [0, 0.05) is 0 Å². The molecule has 0 atom stereocenters. The Morgan fingerprint density at radius 3 is 2.22 bits per heavy atom. The van der Waals surface area contributed by atoms with Gasteiger partial charge in [-0.2, -0.15) is 0 Å². The lowest BCUT2D eigenvalue weighted by molar-refractivity contribution is 0.111. The van der Waals surface area contributed by atoms with E-state index in [0.717, 1.165) is 6.29 Å². The van der Waals surface area contributed by atoms with Crippen molar-refractivity contribution in [3.05, 3.63) is 23.8 Å². The molecule has 0 bridgehead atoms. The topological polar surface area (TPSA) is 35.5 Å². The molecule has 0 fully saturated rings. The van der Waals surface area contributed by atoms with Crippen molar-refractivity contribution >= 4 is 6.29 Å². The molecular formula is C15H22O3. The van der Waals surface area contributed by atoms with E-state index in [4.69, 9.17) is 9.47 Å². The highest BCUT2D eigenvalue weighted by molar-refractivity contribution is 5.81. The fourth-order valence-electron chi connectivity index (χ4n) is 1.40. The predicted molar refractivity (Wildman–Crippen MR) is 72.5 cm³/mol. The Morgan fingerprint density at radius 1 is 1.06 bits per heavy atom. The number of ether oxygens (including phenoxy) is 2. The molecule has 0 aliphatic rings. The quantitative estimate of drug-likeness (QED) is 0.694.